The van der Waals surface area contributed by atoms with Gasteiger partial charge in [-0.3, -0.25) is 9.59 Å². The average molecular weight is 841 g/mol. The number of benzene rings is 4. The second kappa shape index (κ2) is 18.0. The number of rotatable bonds is 4. The number of nitrogens with zero attached hydrogens (tertiary/aromatic N) is 2. The van der Waals surface area contributed by atoms with E-state index < -0.39 is 23.3 Å². The molecule has 0 saturated heterocycles. The molecule has 8 aromatic rings. The number of H-pyrrole nitrogens is 2. The van der Waals surface area contributed by atoms with Crippen LogP contribution in [0.15, 0.2) is 109 Å². The quantitative estimate of drug-likeness (QED) is 0.0525. The summed E-state index contributed by atoms with van der Waals surface area (Å²) in [6.45, 7) is 1.28. The van der Waals surface area contributed by atoms with Crippen LogP contribution in [0, 0.1) is 23.3 Å². The molecule has 16 heteroatoms. The molecule has 2 aliphatic heterocycles. The number of pyridine rings is 2. The Labute approximate surface area is 368 Å². The van der Waals surface area contributed by atoms with Gasteiger partial charge in [0.25, 0.3) is 11.8 Å². The molecule has 60 heavy (non-hydrogen) atoms. The first kappa shape index (κ1) is 42.0. The minimum absolute atomic E-state index is 0. The van der Waals surface area contributed by atoms with Gasteiger partial charge in [-0.1, -0.05) is 48.0 Å². The molecule has 0 saturated carbocycles. The van der Waals surface area contributed by atoms with Crippen LogP contribution in [0.5, 0.6) is 0 Å². The van der Waals surface area contributed by atoms with Crippen molar-refractivity contribution < 1.29 is 58.1 Å². The van der Waals surface area contributed by atoms with Gasteiger partial charge in [0.05, 0.1) is 33.5 Å². The van der Waals surface area contributed by atoms with Crippen molar-refractivity contribution in [1.82, 2.24) is 30.6 Å². The van der Waals surface area contributed by atoms with E-state index in [0.717, 1.165) is 86.8 Å². The molecule has 4 aromatic heterocycles. The first-order valence-corrected chi connectivity index (χ1v) is 18.8. The average Bonchev–Trinajstić information content (AvgIpc) is 3.87. The Bertz CT molecular complexity index is 2930. The Morgan fingerprint density at radius 1 is 0.617 bits per heavy atom. The van der Waals surface area contributed by atoms with Crippen LogP contribution in [0.2, 0.25) is 5.15 Å². The molecular weight excluding hydrogens is 807 g/mol. The van der Waals surface area contributed by atoms with Gasteiger partial charge in [-0.15, -0.1) is 0 Å². The second-order valence-corrected chi connectivity index (χ2v) is 14.0. The predicted octanol–water partition coefficient (Wildman–Crippen LogP) is 6.37. The van der Waals surface area contributed by atoms with Crippen molar-refractivity contribution in [1.29, 1.82) is 0 Å². The minimum atomic E-state index is -0.713. The van der Waals surface area contributed by atoms with Crippen LogP contribution in [-0.4, -0.2) is 44.8 Å². The molecule has 0 fully saturated rings. The number of hydrogen-bond acceptors (Lipinski definition) is 6. The summed E-state index contributed by atoms with van der Waals surface area (Å²) in [5, 5.41) is 11.0. The number of fused-ring (bicyclic) bond motifs is 4. The van der Waals surface area contributed by atoms with Crippen LogP contribution in [-0.2, 0) is 12.8 Å². The monoisotopic (exact) mass is 840 g/mol. The fourth-order valence-electron chi connectivity index (χ4n) is 6.88. The van der Waals surface area contributed by atoms with Crippen molar-refractivity contribution in [3.8, 4) is 22.5 Å². The van der Waals surface area contributed by atoms with E-state index in [1.807, 2.05) is 60.7 Å². The normalized spacial score (nSPS) is 12.8. The van der Waals surface area contributed by atoms with Gasteiger partial charge >= 0.3 is 29.6 Å². The summed E-state index contributed by atoms with van der Waals surface area (Å²) < 4.78 is 51.4. The van der Waals surface area contributed by atoms with Gasteiger partial charge in [0.15, 0.2) is 0 Å². The van der Waals surface area contributed by atoms with E-state index in [-0.39, 0.29) is 54.2 Å². The van der Waals surface area contributed by atoms with Crippen molar-refractivity contribution in [2.75, 3.05) is 24.1 Å². The third-order valence-corrected chi connectivity index (χ3v) is 9.96. The number of para-hydroxylation sites is 2. The number of carbonyl (C=O) groups is 2. The molecule has 4 aromatic carbocycles. The minimum Gasteiger partial charge on any atom is -1.00 e. The summed E-state index contributed by atoms with van der Waals surface area (Å²) in [5.74, 6) is -2.33. The number of halogens is 5. The second-order valence-electron chi connectivity index (χ2n) is 13.7. The molecule has 2 amide bonds. The standard InChI is InChI=1S/C22H16F2N4O.C16H12ClN3O.C6H5F2N.Na.H/c23-13-5-6-18(16(24)10-13)27-20-7-4-12-2-1-3-14(21(12)28-20)19-11-15-17(26-19)8-9-25-22(15)29;17-14-5-4-9-2-1-3-10(15(9)20-14)13-8-11-12(19-13)6-7-18-16(11)21;7-4-1-2-6(9)5(8)3-4;;/h1-7,10-11,26H,8-9H2,(H,25,29)(H,27,28);1-5,8,19H,6-7H2,(H,18,21);1-3H,9H2;;/q;;;+1;-1. The first-order valence-electron chi connectivity index (χ1n) is 18.4. The SMILES string of the molecule is Nc1ccc(F)cc1F.O=C1NCCc2[nH]c(-c3cccc4ccc(Cl)nc34)cc21.O=C1NCCc2[nH]c(-c3cccc4ccc(Nc5ccc(F)cc5F)nc34)cc21.[H-].[Na+]. The van der Waals surface area contributed by atoms with Crippen molar-refractivity contribution in [2.45, 2.75) is 12.8 Å². The van der Waals surface area contributed by atoms with E-state index in [0.29, 0.717) is 35.1 Å². The summed E-state index contributed by atoms with van der Waals surface area (Å²) in [6.07, 6.45) is 1.57. The first-order chi connectivity index (χ1) is 28.5. The molecule has 10 rings (SSSR count). The van der Waals surface area contributed by atoms with Gasteiger partial charge in [-0.05, 0) is 60.7 Å². The van der Waals surface area contributed by atoms with E-state index in [4.69, 9.17) is 17.3 Å². The summed E-state index contributed by atoms with van der Waals surface area (Å²) in [6, 6.07) is 29.2. The molecule has 10 nitrogen and oxygen atoms in total. The molecule has 0 spiro atoms. The summed E-state index contributed by atoms with van der Waals surface area (Å²) >= 11 is 6.02. The number of nitrogens with one attached hydrogen (secondary N) is 5. The number of nitrogens with two attached hydrogens (primary N) is 1. The predicted molar refractivity (Wildman–Crippen MR) is 222 cm³/mol. The van der Waals surface area contributed by atoms with Crippen molar-refractivity contribution in [3.63, 3.8) is 0 Å². The van der Waals surface area contributed by atoms with Crippen LogP contribution in [0.4, 0.5) is 34.8 Å². The van der Waals surface area contributed by atoms with Crippen LogP contribution < -0.4 is 51.2 Å². The Hall–Kier alpha value is -6.19. The molecule has 2 aliphatic rings. The maximum atomic E-state index is 14.0. The fourth-order valence-corrected chi connectivity index (χ4v) is 7.03. The molecule has 0 radical (unpaired) electrons. The third-order valence-electron chi connectivity index (χ3n) is 9.75. The Kier molecular flexibility index (Phi) is 12.6. The van der Waals surface area contributed by atoms with E-state index >= 15 is 0 Å². The van der Waals surface area contributed by atoms with Crippen molar-refractivity contribution in [3.05, 3.63) is 160 Å². The molecule has 6 heterocycles. The number of aromatic amines is 2. The fraction of sp³-hybridized carbons (Fsp3) is 0.0909. The van der Waals surface area contributed by atoms with Crippen LogP contribution in [0.3, 0.4) is 0 Å². The summed E-state index contributed by atoms with van der Waals surface area (Å²) in [5.41, 5.74) is 13.4. The number of nitrogen functional groups attached to an aromatic ring is 1. The molecule has 0 aliphatic carbocycles. The molecule has 0 unspecified atom stereocenters. The molecule has 298 valence electrons. The van der Waals surface area contributed by atoms with Gasteiger partial charge in [0.1, 0.15) is 34.2 Å². The van der Waals surface area contributed by atoms with Gasteiger partial charge in [0.2, 0.25) is 0 Å². The molecule has 7 N–H and O–H groups in total. The van der Waals surface area contributed by atoms with E-state index in [1.165, 1.54) is 18.2 Å². The summed E-state index contributed by atoms with van der Waals surface area (Å²) in [7, 11) is 0. The number of anilines is 3. The van der Waals surface area contributed by atoms with Crippen molar-refractivity contribution in [2.24, 2.45) is 0 Å². The van der Waals surface area contributed by atoms with Crippen LogP contribution >= 0.6 is 11.6 Å². The number of aromatic nitrogens is 4. The zero-order chi connectivity index (χ0) is 41.2. The smallest absolute Gasteiger partial charge is 1.00 e. The van der Waals surface area contributed by atoms with Crippen LogP contribution in [0.1, 0.15) is 33.5 Å². The maximum Gasteiger partial charge on any atom is 1.00 e. The van der Waals surface area contributed by atoms with E-state index in [9.17, 15) is 27.2 Å². The van der Waals surface area contributed by atoms with E-state index in [2.05, 4.69) is 35.9 Å². The Morgan fingerprint density at radius 3 is 1.68 bits per heavy atom. The number of amides is 2. The van der Waals surface area contributed by atoms with E-state index in [1.54, 1.807) is 12.1 Å². The zero-order valence-electron chi connectivity index (χ0n) is 32.9. The van der Waals surface area contributed by atoms with Gasteiger partial charge in [-0.25, -0.2) is 27.5 Å². The van der Waals surface area contributed by atoms with Crippen molar-refractivity contribution >= 4 is 62.4 Å². The molecule has 0 bridgehead atoms. The van der Waals surface area contributed by atoms with Gasteiger partial charge < -0.3 is 33.1 Å². The zero-order valence-corrected chi connectivity index (χ0v) is 34.7. The largest absolute Gasteiger partial charge is 1.00 e. The Morgan fingerprint density at radius 2 is 1.15 bits per heavy atom. The van der Waals surface area contributed by atoms with Gasteiger partial charge in [-0.2, -0.15) is 0 Å². The third kappa shape index (κ3) is 9.01. The van der Waals surface area contributed by atoms with Gasteiger partial charge in [0, 0.05) is 82.7 Å². The molecule has 0 atom stereocenters. The summed E-state index contributed by atoms with van der Waals surface area (Å²) in [4.78, 5) is 39.7. The topological polar surface area (TPSA) is 154 Å². The number of carbonyl (C=O) groups excluding carboxylic acids is 2. The maximum absolute atomic E-state index is 14.0. The Balaban J connectivity index is 0.000000170. The van der Waals surface area contributed by atoms with Crippen LogP contribution in [0.25, 0.3) is 44.3 Å². The number of hydrogen-bond donors (Lipinski definition) is 6. The molecular formula is C44H34ClF4N8NaO2.